The van der Waals surface area contributed by atoms with Gasteiger partial charge in [-0.25, -0.2) is 22.3 Å². The largest absolute Gasteiger partial charge is 0.396 e. The van der Waals surface area contributed by atoms with Crippen LogP contribution in [0.5, 0.6) is 0 Å². The summed E-state index contributed by atoms with van der Waals surface area (Å²) >= 11 is 0. The maximum atomic E-state index is 12.7. The number of halogens is 1. The molecule has 0 aliphatic heterocycles. The normalized spacial score (nSPS) is 11.0. The molecule has 0 radical (unpaired) electrons. The highest BCUT2D eigenvalue weighted by Crippen LogP contribution is 2.16. The summed E-state index contributed by atoms with van der Waals surface area (Å²) in [5, 5.41) is 0. The first-order valence-corrected chi connectivity index (χ1v) is 5.18. The lowest BCUT2D eigenvalue weighted by Gasteiger charge is -2.05. The molecule has 0 saturated carbocycles. The van der Waals surface area contributed by atoms with Gasteiger partial charge in [0, 0.05) is 0 Å². The van der Waals surface area contributed by atoms with Crippen molar-refractivity contribution in [3.8, 4) is 0 Å². The van der Waals surface area contributed by atoms with Gasteiger partial charge in [-0.15, -0.1) is 0 Å². The minimum absolute atomic E-state index is 0.331. The van der Waals surface area contributed by atoms with Gasteiger partial charge in [-0.3, -0.25) is 0 Å². The fourth-order valence-corrected chi connectivity index (χ4v) is 1.79. The van der Waals surface area contributed by atoms with Gasteiger partial charge in [-0.05, 0) is 18.2 Å². The van der Waals surface area contributed by atoms with E-state index in [1.807, 2.05) is 0 Å². The van der Waals surface area contributed by atoms with Gasteiger partial charge in [0.05, 0.1) is 10.6 Å². The average molecular weight is 233 g/mol. The average Bonchev–Trinajstić information content (AvgIpc) is 2.07. The molecule has 5 N–H and O–H groups in total. The van der Waals surface area contributed by atoms with E-state index in [-0.39, 0.29) is 10.6 Å². The smallest absolute Gasteiger partial charge is 0.326 e. The van der Waals surface area contributed by atoms with Gasteiger partial charge in [-0.2, -0.15) is 0 Å². The summed E-state index contributed by atoms with van der Waals surface area (Å²) in [4.78, 5) is 10.0. The lowest BCUT2D eigenvalue weighted by Crippen LogP contribution is -2.35. The molecule has 82 valence electrons. The number of carbonyl (C=O) groups is 1. The second-order valence-electron chi connectivity index (χ2n) is 2.65. The SMILES string of the molecule is NC(=O)NS(=O)(=O)c1ccc(F)c(N)c1. The van der Waals surface area contributed by atoms with Crippen LogP contribution in [0.3, 0.4) is 0 Å². The topological polar surface area (TPSA) is 115 Å². The van der Waals surface area contributed by atoms with E-state index in [1.165, 1.54) is 4.72 Å². The van der Waals surface area contributed by atoms with Crippen LogP contribution in [-0.4, -0.2) is 14.4 Å². The summed E-state index contributed by atoms with van der Waals surface area (Å²) in [6.45, 7) is 0. The zero-order valence-corrected chi connectivity index (χ0v) is 8.21. The van der Waals surface area contributed by atoms with E-state index < -0.39 is 21.9 Å². The van der Waals surface area contributed by atoms with Crippen molar-refractivity contribution >= 4 is 21.7 Å². The Hall–Kier alpha value is -1.83. The lowest BCUT2D eigenvalue weighted by atomic mass is 10.3. The van der Waals surface area contributed by atoms with Gasteiger partial charge in [0.1, 0.15) is 5.82 Å². The molecule has 15 heavy (non-hydrogen) atoms. The number of benzene rings is 1. The number of nitrogen functional groups attached to an aromatic ring is 1. The molecule has 0 bridgehead atoms. The molecule has 0 aliphatic rings. The molecule has 0 unspecified atom stereocenters. The third-order valence-corrected chi connectivity index (χ3v) is 2.86. The van der Waals surface area contributed by atoms with Crippen LogP contribution in [0, 0.1) is 5.82 Å². The number of anilines is 1. The molecule has 0 fully saturated rings. The van der Waals surface area contributed by atoms with E-state index in [0.717, 1.165) is 18.2 Å². The van der Waals surface area contributed by atoms with Gasteiger partial charge in [0.15, 0.2) is 0 Å². The Bertz CT molecular complexity index is 500. The molecule has 1 rings (SSSR count). The number of carbonyl (C=O) groups excluding carboxylic acids is 1. The summed E-state index contributed by atoms with van der Waals surface area (Å²) in [6.07, 6.45) is 0. The molecule has 6 nitrogen and oxygen atoms in total. The Morgan fingerprint density at radius 1 is 1.40 bits per heavy atom. The Labute approximate surface area is 85.1 Å². The van der Waals surface area contributed by atoms with Gasteiger partial charge in [0.25, 0.3) is 10.0 Å². The molecule has 0 heterocycles. The maximum Gasteiger partial charge on any atom is 0.326 e. The van der Waals surface area contributed by atoms with Crippen molar-refractivity contribution in [2.24, 2.45) is 5.73 Å². The molecule has 1 aromatic rings. The fourth-order valence-electron chi connectivity index (χ4n) is 0.880. The monoisotopic (exact) mass is 233 g/mol. The number of nitrogens with one attached hydrogen (secondary N) is 1. The van der Waals surface area contributed by atoms with Crippen LogP contribution in [0.1, 0.15) is 0 Å². The first kappa shape index (κ1) is 11.2. The van der Waals surface area contributed by atoms with Crippen LogP contribution < -0.4 is 16.2 Å². The van der Waals surface area contributed by atoms with Crippen LogP contribution in [0.2, 0.25) is 0 Å². The number of nitrogens with two attached hydrogens (primary N) is 2. The first-order chi connectivity index (χ1) is 6.83. The van der Waals surface area contributed by atoms with E-state index in [4.69, 9.17) is 5.73 Å². The van der Waals surface area contributed by atoms with Crippen LogP contribution in [-0.2, 0) is 10.0 Å². The molecule has 2 amide bonds. The van der Waals surface area contributed by atoms with Crippen molar-refractivity contribution in [3.05, 3.63) is 24.0 Å². The standard InChI is InChI=1S/C7H8FN3O3S/c8-5-2-1-4(3-6(5)9)15(13,14)11-7(10)12/h1-3H,9H2,(H3,10,11,12). The summed E-state index contributed by atoms with van der Waals surface area (Å²) in [5.41, 5.74) is 9.48. The van der Waals surface area contributed by atoms with E-state index in [9.17, 15) is 17.6 Å². The highest BCUT2D eigenvalue weighted by molar-refractivity contribution is 7.90. The van der Waals surface area contributed by atoms with Crippen LogP contribution in [0.15, 0.2) is 23.1 Å². The number of hydrogen-bond donors (Lipinski definition) is 3. The molecule has 0 spiro atoms. The summed E-state index contributed by atoms with van der Waals surface area (Å²) in [6, 6.07) is 1.51. The van der Waals surface area contributed by atoms with Crippen LogP contribution in [0.25, 0.3) is 0 Å². The van der Waals surface area contributed by atoms with Crippen LogP contribution >= 0.6 is 0 Å². The zero-order valence-electron chi connectivity index (χ0n) is 7.40. The third kappa shape index (κ3) is 2.56. The molecular weight excluding hydrogens is 225 g/mol. The molecule has 0 atom stereocenters. The molecular formula is C7H8FN3O3S. The van der Waals surface area contributed by atoms with E-state index in [2.05, 4.69) is 5.73 Å². The minimum atomic E-state index is -4.07. The zero-order chi connectivity index (χ0) is 11.6. The third-order valence-electron chi connectivity index (χ3n) is 1.51. The van der Waals surface area contributed by atoms with Gasteiger partial charge < -0.3 is 11.5 Å². The van der Waals surface area contributed by atoms with Crippen molar-refractivity contribution in [3.63, 3.8) is 0 Å². The lowest BCUT2D eigenvalue weighted by molar-refractivity contribution is 0.253. The highest BCUT2D eigenvalue weighted by atomic mass is 32.2. The Morgan fingerprint density at radius 2 is 2.00 bits per heavy atom. The van der Waals surface area contributed by atoms with Gasteiger partial charge in [0.2, 0.25) is 0 Å². The minimum Gasteiger partial charge on any atom is -0.396 e. The summed E-state index contributed by atoms with van der Waals surface area (Å²) in [5.74, 6) is -0.743. The Kier molecular flexibility index (Phi) is 2.80. The molecule has 0 saturated heterocycles. The number of hydrogen-bond acceptors (Lipinski definition) is 4. The number of rotatable bonds is 2. The Morgan fingerprint density at radius 3 is 2.47 bits per heavy atom. The fraction of sp³-hybridized carbons (Fsp3) is 0. The molecule has 0 aromatic heterocycles. The predicted octanol–water partition coefficient (Wildman–Crippen LogP) is -0.235. The van der Waals surface area contributed by atoms with E-state index in [1.54, 1.807) is 0 Å². The van der Waals surface area contributed by atoms with Crippen molar-refractivity contribution in [2.45, 2.75) is 4.90 Å². The maximum absolute atomic E-state index is 12.7. The van der Waals surface area contributed by atoms with Crippen LogP contribution in [0.4, 0.5) is 14.9 Å². The number of sulfonamides is 1. The van der Waals surface area contributed by atoms with Gasteiger partial charge in [-0.1, -0.05) is 0 Å². The number of urea groups is 1. The van der Waals surface area contributed by atoms with E-state index >= 15 is 0 Å². The summed E-state index contributed by atoms with van der Waals surface area (Å²) < 4.78 is 36.9. The second-order valence-corrected chi connectivity index (χ2v) is 4.34. The first-order valence-electron chi connectivity index (χ1n) is 3.70. The quantitative estimate of drug-likeness (QED) is 0.611. The highest BCUT2D eigenvalue weighted by Gasteiger charge is 2.16. The van der Waals surface area contributed by atoms with Crippen molar-refractivity contribution in [1.29, 1.82) is 0 Å². The summed E-state index contributed by atoms with van der Waals surface area (Å²) in [7, 11) is -4.07. The number of amides is 2. The molecule has 8 heteroatoms. The second kappa shape index (κ2) is 3.73. The van der Waals surface area contributed by atoms with Crippen molar-refractivity contribution in [1.82, 2.24) is 4.72 Å². The predicted molar refractivity (Wildman–Crippen MR) is 50.7 cm³/mol. The molecule has 0 aliphatic carbocycles. The molecule has 1 aromatic carbocycles. The number of primary amides is 1. The Balaban J connectivity index is 3.17. The van der Waals surface area contributed by atoms with Crippen molar-refractivity contribution in [2.75, 3.05) is 5.73 Å². The van der Waals surface area contributed by atoms with Gasteiger partial charge >= 0.3 is 6.03 Å². The van der Waals surface area contributed by atoms with Crippen molar-refractivity contribution < 1.29 is 17.6 Å². The van der Waals surface area contributed by atoms with E-state index in [0.29, 0.717) is 0 Å².